The molecule has 2 aromatic heterocycles. The summed E-state index contributed by atoms with van der Waals surface area (Å²) in [6, 6.07) is 11.0. The van der Waals surface area contributed by atoms with Crippen LogP contribution in [0.3, 0.4) is 0 Å². The molecule has 0 aliphatic carbocycles. The van der Waals surface area contributed by atoms with E-state index < -0.39 is 0 Å². The van der Waals surface area contributed by atoms with Crippen LogP contribution < -0.4 is 10.1 Å². The Balaban J connectivity index is 1.76. The summed E-state index contributed by atoms with van der Waals surface area (Å²) in [6.45, 7) is 3.81. The van der Waals surface area contributed by atoms with E-state index in [2.05, 4.69) is 15.5 Å². The summed E-state index contributed by atoms with van der Waals surface area (Å²) in [5.41, 5.74) is 2.23. The van der Waals surface area contributed by atoms with Crippen LogP contribution in [0.1, 0.15) is 34.7 Å². The Morgan fingerprint density at radius 2 is 1.96 bits per heavy atom. The maximum absolute atomic E-state index is 12.4. The molecule has 1 N–H and O–H groups in total. The third kappa shape index (κ3) is 3.01. The predicted octanol–water partition coefficient (Wildman–Crippen LogP) is 2.54. The summed E-state index contributed by atoms with van der Waals surface area (Å²) in [5, 5.41) is 11.0. The van der Waals surface area contributed by atoms with Gasteiger partial charge in [0.2, 0.25) is 0 Å². The molecule has 3 aromatic rings. The minimum absolute atomic E-state index is 0.107. The third-order valence-electron chi connectivity index (χ3n) is 3.81. The number of nitrogens with one attached hydrogen (secondary N) is 1. The first-order chi connectivity index (χ1) is 11.1. The van der Waals surface area contributed by atoms with E-state index in [0.29, 0.717) is 11.2 Å². The highest BCUT2D eigenvalue weighted by atomic mass is 16.5. The van der Waals surface area contributed by atoms with Gasteiger partial charge in [0, 0.05) is 11.8 Å². The zero-order valence-electron chi connectivity index (χ0n) is 13.3. The fraction of sp³-hybridized carbons (Fsp3) is 0.235. The van der Waals surface area contributed by atoms with Gasteiger partial charge in [0.15, 0.2) is 5.65 Å². The molecule has 1 atom stereocenters. The maximum Gasteiger partial charge on any atom is 0.251 e. The van der Waals surface area contributed by atoms with Crippen molar-refractivity contribution >= 4 is 11.6 Å². The van der Waals surface area contributed by atoms with Gasteiger partial charge in [0.1, 0.15) is 11.6 Å². The zero-order chi connectivity index (χ0) is 16.4. The molecule has 118 valence electrons. The van der Waals surface area contributed by atoms with Crippen molar-refractivity contribution in [3.63, 3.8) is 0 Å². The number of hydrogen-bond donors (Lipinski definition) is 1. The second-order valence-corrected chi connectivity index (χ2v) is 5.36. The van der Waals surface area contributed by atoms with Gasteiger partial charge in [-0.3, -0.25) is 9.20 Å². The van der Waals surface area contributed by atoms with Gasteiger partial charge in [0.05, 0.1) is 13.2 Å². The Labute approximate surface area is 134 Å². The van der Waals surface area contributed by atoms with E-state index in [-0.39, 0.29) is 11.9 Å². The number of fused-ring (bicyclic) bond motifs is 1. The van der Waals surface area contributed by atoms with E-state index in [4.69, 9.17) is 4.74 Å². The standard InChI is InChI=1S/C17H18N4O2/c1-11(13-4-6-15(23-3)7-5-13)18-17(22)14-8-9-21-12(2)19-20-16(21)10-14/h4-11H,1-3H3,(H,18,22). The van der Waals surface area contributed by atoms with Gasteiger partial charge in [-0.15, -0.1) is 10.2 Å². The number of aromatic nitrogens is 3. The lowest BCUT2D eigenvalue weighted by Crippen LogP contribution is -2.26. The zero-order valence-corrected chi connectivity index (χ0v) is 13.3. The highest BCUT2D eigenvalue weighted by Crippen LogP contribution is 2.18. The number of methoxy groups -OCH3 is 1. The molecule has 0 saturated heterocycles. The second kappa shape index (κ2) is 6.08. The molecule has 23 heavy (non-hydrogen) atoms. The molecule has 2 heterocycles. The van der Waals surface area contributed by atoms with Crippen molar-refractivity contribution in [3.05, 3.63) is 59.5 Å². The van der Waals surface area contributed by atoms with Crippen LogP contribution >= 0.6 is 0 Å². The summed E-state index contributed by atoms with van der Waals surface area (Å²) in [5.74, 6) is 1.44. The number of aryl methyl sites for hydroxylation is 1. The van der Waals surface area contributed by atoms with E-state index in [1.807, 2.05) is 42.5 Å². The molecule has 0 radical (unpaired) electrons. The first kappa shape index (κ1) is 15.0. The van der Waals surface area contributed by atoms with Crippen molar-refractivity contribution in [2.75, 3.05) is 7.11 Å². The molecule has 0 aliphatic heterocycles. The summed E-state index contributed by atoms with van der Waals surface area (Å²) in [6.07, 6.45) is 1.80. The SMILES string of the molecule is COc1ccc(C(C)NC(=O)c2ccn3c(C)nnc3c2)cc1. The van der Waals surface area contributed by atoms with E-state index in [1.165, 1.54) is 0 Å². The number of hydrogen-bond acceptors (Lipinski definition) is 4. The van der Waals surface area contributed by atoms with E-state index in [1.54, 1.807) is 25.4 Å². The van der Waals surface area contributed by atoms with Crippen molar-refractivity contribution in [2.45, 2.75) is 19.9 Å². The van der Waals surface area contributed by atoms with Crippen molar-refractivity contribution < 1.29 is 9.53 Å². The Bertz CT molecular complexity index is 839. The topological polar surface area (TPSA) is 68.5 Å². The normalized spacial score (nSPS) is 12.1. The van der Waals surface area contributed by atoms with Crippen LogP contribution in [0.2, 0.25) is 0 Å². The number of pyridine rings is 1. The smallest absolute Gasteiger partial charge is 0.251 e. The minimum Gasteiger partial charge on any atom is -0.497 e. The van der Waals surface area contributed by atoms with Gasteiger partial charge in [-0.2, -0.15) is 0 Å². The molecule has 6 heteroatoms. The van der Waals surface area contributed by atoms with Gasteiger partial charge < -0.3 is 10.1 Å². The van der Waals surface area contributed by atoms with E-state index in [0.717, 1.165) is 17.1 Å². The fourth-order valence-electron chi connectivity index (χ4n) is 2.41. The average molecular weight is 310 g/mol. The fourth-order valence-corrected chi connectivity index (χ4v) is 2.41. The lowest BCUT2D eigenvalue weighted by atomic mass is 10.1. The molecular weight excluding hydrogens is 292 g/mol. The summed E-state index contributed by atoms with van der Waals surface area (Å²) in [4.78, 5) is 12.4. The van der Waals surface area contributed by atoms with Crippen LogP contribution in [0.4, 0.5) is 0 Å². The number of rotatable bonds is 4. The van der Waals surface area contributed by atoms with Crippen molar-refractivity contribution in [1.29, 1.82) is 0 Å². The average Bonchev–Trinajstić information content (AvgIpc) is 2.95. The van der Waals surface area contributed by atoms with E-state index >= 15 is 0 Å². The van der Waals surface area contributed by atoms with Crippen LogP contribution in [-0.2, 0) is 0 Å². The quantitative estimate of drug-likeness (QED) is 0.804. The summed E-state index contributed by atoms with van der Waals surface area (Å²) >= 11 is 0. The van der Waals surface area contributed by atoms with Crippen LogP contribution in [0.15, 0.2) is 42.6 Å². The molecule has 1 unspecified atom stereocenters. The van der Waals surface area contributed by atoms with Crippen LogP contribution in [0.5, 0.6) is 5.75 Å². The van der Waals surface area contributed by atoms with Crippen LogP contribution in [-0.4, -0.2) is 27.6 Å². The number of amides is 1. The first-order valence-electron chi connectivity index (χ1n) is 7.34. The lowest BCUT2D eigenvalue weighted by Gasteiger charge is -2.15. The molecule has 1 amide bonds. The van der Waals surface area contributed by atoms with Gasteiger partial charge in [-0.05, 0) is 43.7 Å². The van der Waals surface area contributed by atoms with E-state index in [9.17, 15) is 4.79 Å². The Morgan fingerprint density at radius 3 is 2.65 bits per heavy atom. The second-order valence-electron chi connectivity index (χ2n) is 5.36. The first-order valence-corrected chi connectivity index (χ1v) is 7.34. The Kier molecular flexibility index (Phi) is 3.97. The number of carbonyl (C=O) groups is 1. The van der Waals surface area contributed by atoms with Crippen molar-refractivity contribution in [3.8, 4) is 5.75 Å². The molecule has 0 aliphatic rings. The minimum atomic E-state index is -0.142. The monoisotopic (exact) mass is 310 g/mol. The summed E-state index contributed by atoms with van der Waals surface area (Å²) in [7, 11) is 1.63. The number of benzene rings is 1. The van der Waals surface area contributed by atoms with Crippen molar-refractivity contribution in [2.24, 2.45) is 0 Å². The number of carbonyl (C=O) groups excluding carboxylic acids is 1. The third-order valence-corrected chi connectivity index (χ3v) is 3.81. The lowest BCUT2D eigenvalue weighted by molar-refractivity contribution is 0.0940. The van der Waals surface area contributed by atoms with Gasteiger partial charge in [-0.1, -0.05) is 12.1 Å². The molecule has 6 nitrogen and oxygen atoms in total. The van der Waals surface area contributed by atoms with Gasteiger partial charge >= 0.3 is 0 Å². The Morgan fingerprint density at radius 1 is 1.22 bits per heavy atom. The van der Waals surface area contributed by atoms with Gasteiger partial charge in [-0.25, -0.2) is 0 Å². The van der Waals surface area contributed by atoms with Crippen molar-refractivity contribution in [1.82, 2.24) is 19.9 Å². The number of nitrogens with zero attached hydrogens (tertiary/aromatic N) is 3. The highest BCUT2D eigenvalue weighted by molar-refractivity contribution is 5.95. The van der Waals surface area contributed by atoms with Crippen LogP contribution in [0, 0.1) is 6.92 Å². The molecule has 3 rings (SSSR count). The largest absolute Gasteiger partial charge is 0.497 e. The molecule has 0 saturated carbocycles. The summed E-state index contributed by atoms with van der Waals surface area (Å²) < 4.78 is 6.98. The predicted molar refractivity (Wildman–Crippen MR) is 86.6 cm³/mol. The molecule has 0 bridgehead atoms. The molecule has 0 fully saturated rings. The maximum atomic E-state index is 12.4. The molecular formula is C17H18N4O2. The molecule has 0 spiro atoms. The Hall–Kier alpha value is -2.89. The highest BCUT2D eigenvalue weighted by Gasteiger charge is 2.13. The molecule has 1 aromatic carbocycles. The van der Waals surface area contributed by atoms with Crippen LogP contribution in [0.25, 0.3) is 5.65 Å². The van der Waals surface area contributed by atoms with Gasteiger partial charge in [0.25, 0.3) is 5.91 Å². The number of ether oxygens (including phenoxy) is 1.